The van der Waals surface area contributed by atoms with Crippen molar-refractivity contribution in [2.24, 2.45) is 5.41 Å². The van der Waals surface area contributed by atoms with Crippen LogP contribution in [-0.2, 0) is 9.59 Å². The van der Waals surface area contributed by atoms with E-state index in [0.29, 0.717) is 11.1 Å². The van der Waals surface area contributed by atoms with Crippen molar-refractivity contribution in [1.82, 2.24) is 20.4 Å². The number of rotatable bonds is 2. The Hall–Kier alpha value is -3.68. The second-order valence-electron chi connectivity index (χ2n) is 8.19. The first-order chi connectivity index (χ1) is 14.7. The zero-order valence-corrected chi connectivity index (χ0v) is 17.8. The number of hydrogen-bond donors (Lipinski definition) is 2. The zero-order chi connectivity index (χ0) is 22.5. The highest BCUT2D eigenvalue weighted by Gasteiger charge is 2.67. The van der Waals surface area contributed by atoms with Gasteiger partial charge in [-0.3, -0.25) is 19.4 Å². The van der Waals surface area contributed by atoms with Crippen LogP contribution in [-0.4, -0.2) is 47.8 Å². The molecule has 2 heterocycles. The molecule has 2 aromatic rings. The summed E-state index contributed by atoms with van der Waals surface area (Å²) in [5.74, 6) is -1.33. The predicted octanol–water partition coefficient (Wildman–Crippen LogP) is 2.44. The van der Waals surface area contributed by atoms with Crippen LogP contribution >= 0.6 is 0 Å². The summed E-state index contributed by atoms with van der Waals surface area (Å²) in [4.78, 5) is 54.6. The Bertz CT molecular complexity index is 994. The molecule has 0 aromatic heterocycles. The lowest BCUT2D eigenvalue weighted by atomic mass is 9.65. The molecule has 1 spiro atoms. The van der Waals surface area contributed by atoms with E-state index in [0.717, 1.165) is 20.9 Å². The van der Waals surface area contributed by atoms with Crippen LogP contribution in [0.15, 0.2) is 48.5 Å². The highest BCUT2D eigenvalue weighted by Crippen LogP contribution is 2.50. The number of nitrogens with one attached hydrogen (secondary N) is 2. The average Bonchev–Trinajstić information content (AvgIpc) is 2.76. The first-order valence-electron chi connectivity index (χ1n) is 9.98. The van der Waals surface area contributed by atoms with Crippen LogP contribution in [0.4, 0.5) is 9.59 Å². The quantitative estimate of drug-likeness (QED) is 0.729. The Labute approximate surface area is 180 Å². The Balaban J connectivity index is 1.99. The van der Waals surface area contributed by atoms with Crippen molar-refractivity contribution in [1.29, 1.82) is 0 Å². The van der Waals surface area contributed by atoms with Crippen LogP contribution in [0, 0.1) is 19.3 Å². The van der Waals surface area contributed by atoms with Crippen molar-refractivity contribution in [2.75, 3.05) is 14.1 Å². The number of amides is 6. The molecule has 6 amide bonds. The number of carbonyl (C=O) groups excluding carboxylic acids is 4. The Morgan fingerprint density at radius 2 is 1.03 bits per heavy atom. The first-order valence-corrected chi connectivity index (χ1v) is 9.98. The molecule has 2 saturated heterocycles. The van der Waals surface area contributed by atoms with Crippen LogP contribution in [0.1, 0.15) is 34.3 Å². The standard InChI is InChI=1S/C23H24N4O4/c1-13-5-9-15(10-6-13)17-23(19(28)26(3)22(31)27(4)20(23)29)18(25-21(30)24-17)16-11-7-14(2)8-12-16/h5-12,17-18H,1-4H3,(H2,24,25,30)/t17-,18+. The van der Waals surface area contributed by atoms with E-state index in [9.17, 15) is 19.2 Å². The molecule has 2 atom stereocenters. The average molecular weight is 420 g/mol. The second-order valence-corrected chi connectivity index (χ2v) is 8.19. The molecule has 2 aromatic carbocycles. The molecule has 0 bridgehead atoms. The molecule has 4 rings (SSSR count). The first kappa shape index (κ1) is 20.6. The molecule has 0 radical (unpaired) electrons. The largest absolute Gasteiger partial charge is 0.332 e. The van der Waals surface area contributed by atoms with Gasteiger partial charge < -0.3 is 10.6 Å². The van der Waals surface area contributed by atoms with E-state index in [1.54, 1.807) is 24.3 Å². The van der Waals surface area contributed by atoms with Crippen molar-refractivity contribution in [3.63, 3.8) is 0 Å². The number of benzene rings is 2. The van der Waals surface area contributed by atoms with Gasteiger partial charge in [-0.1, -0.05) is 59.7 Å². The summed E-state index contributed by atoms with van der Waals surface area (Å²) in [6.45, 7) is 3.85. The van der Waals surface area contributed by atoms with Gasteiger partial charge in [-0.2, -0.15) is 0 Å². The van der Waals surface area contributed by atoms with Gasteiger partial charge >= 0.3 is 12.1 Å². The maximum Gasteiger partial charge on any atom is 0.332 e. The summed E-state index contributed by atoms with van der Waals surface area (Å²) >= 11 is 0. The van der Waals surface area contributed by atoms with Gasteiger partial charge in [0.25, 0.3) is 11.8 Å². The number of nitrogens with zero attached hydrogens (tertiary/aromatic N) is 2. The Morgan fingerprint density at radius 1 is 0.677 bits per heavy atom. The molecule has 2 N–H and O–H groups in total. The monoisotopic (exact) mass is 420 g/mol. The maximum absolute atomic E-state index is 13.7. The molecular weight excluding hydrogens is 396 g/mol. The van der Waals surface area contributed by atoms with E-state index >= 15 is 0 Å². The zero-order valence-electron chi connectivity index (χ0n) is 17.8. The third-order valence-electron chi connectivity index (χ3n) is 6.17. The topological polar surface area (TPSA) is 98.8 Å². The van der Waals surface area contributed by atoms with Crippen molar-refractivity contribution < 1.29 is 19.2 Å². The number of carbonyl (C=O) groups is 4. The fraction of sp³-hybridized carbons (Fsp3) is 0.304. The lowest BCUT2D eigenvalue weighted by Crippen LogP contribution is -2.73. The molecule has 2 aliphatic heterocycles. The van der Waals surface area contributed by atoms with Crippen molar-refractivity contribution in [3.8, 4) is 0 Å². The molecule has 0 unspecified atom stereocenters. The van der Waals surface area contributed by atoms with Gasteiger partial charge in [0.15, 0.2) is 5.41 Å². The molecule has 2 fully saturated rings. The van der Waals surface area contributed by atoms with E-state index in [1.807, 2.05) is 38.1 Å². The molecular formula is C23H24N4O4. The molecule has 160 valence electrons. The van der Waals surface area contributed by atoms with Crippen LogP contribution < -0.4 is 10.6 Å². The van der Waals surface area contributed by atoms with Crippen LogP contribution in [0.25, 0.3) is 0 Å². The number of hydrogen-bond acceptors (Lipinski definition) is 4. The normalized spacial score (nSPS) is 23.1. The highest BCUT2D eigenvalue weighted by molar-refractivity contribution is 6.20. The van der Waals surface area contributed by atoms with Gasteiger partial charge in [-0.25, -0.2) is 9.59 Å². The van der Waals surface area contributed by atoms with Crippen molar-refractivity contribution in [3.05, 3.63) is 70.8 Å². The van der Waals surface area contributed by atoms with E-state index in [-0.39, 0.29) is 0 Å². The molecule has 31 heavy (non-hydrogen) atoms. The number of imide groups is 2. The summed E-state index contributed by atoms with van der Waals surface area (Å²) in [5.41, 5.74) is 1.43. The van der Waals surface area contributed by atoms with Gasteiger partial charge in [0.1, 0.15) is 0 Å². The third-order valence-corrected chi connectivity index (χ3v) is 6.17. The summed E-state index contributed by atoms with van der Waals surface area (Å²) in [6, 6.07) is 11.4. The second kappa shape index (κ2) is 7.23. The fourth-order valence-electron chi connectivity index (χ4n) is 4.45. The summed E-state index contributed by atoms with van der Waals surface area (Å²) in [5, 5.41) is 5.57. The van der Waals surface area contributed by atoms with Gasteiger partial charge in [-0.15, -0.1) is 0 Å². The Morgan fingerprint density at radius 3 is 1.39 bits per heavy atom. The molecule has 2 aliphatic rings. The van der Waals surface area contributed by atoms with Gasteiger partial charge in [0.05, 0.1) is 12.1 Å². The third kappa shape index (κ3) is 2.98. The van der Waals surface area contributed by atoms with E-state index < -0.39 is 41.4 Å². The Kier molecular flexibility index (Phi) is 4.80. The molecule has 8 heteroatoms. The van der Waals surface area contributed by atoms with Crippen LogP contribution in [0.5, 0.6) is 0 Å². The lowest BCUT2D eigenvalue weighted by Gasteiger charge is -2.52. The molecule has 0 saturated carbocycles. The minimum atomic E-state index is -1.78. The van der Waals surface area contributed by atoms with E-state index in [4.69, 9.17) is 0 Å². The number of urea groups is 2. The van der Waals surface area contributed by atoms with Crippen molar-refractivity contribution in [2.45, 2.75) is 25.9 Å². The minimum absolute atomic E-state index is 0.496. The summed E-state index contributed by atoms with van der Waals surface area (Å²) in [6.07, 6.45) is 0. The van der Waals surface area contributed by atoms with Crippen LogP contribution in [0.3, 0.4) is 0 Å². The fourth-order valence-corrected chi connectivity index (χ4v) is 4.45. The van der Waals surface area contributed by atoms with E-state index in [2.05, 4.69) is 10.6 Å². The lowest BCUT2D eigenvalue weighted by molar-refractivity contribution is -0.163. The van der Waals surface area contributed by atoms with Crippen molar-refractivity contribution >= 4 is 23.9 Å². The van der Waals surface area contributed by atoms with Gasteiger partial charge in [-0.05, 0) is 25.0 Å². The van der Waals surface area contributed by atoms with Gasteiger partial charge in [0.2, 0.25) is 0 Å². The minimum Gasteiger partial charge on any atom is -0.330 e. The SMILES string of the molecule is Cc1ccc([C@H]2NC(=O)N[C@@H](c3ccc(C)cc3)C23C(=O)N(C)C(=O)N(C)C3=O)cc1. The molecule has 8 nitrogen and oxygen atoms in total. The van der Waals surface area contributed by atoms with Crippen LogP contribution in [0.2, 0.25) is 0 Å². The highest BCUT2D eigenvalue weighted by atomic mass is 16.2. The van der Waals surface area contributed by atoms with Gasteiger partial charge in [0, 0.05) is 14.1 Å². The maximum atomic E-state index is 13.7. The summed E-state index contributed by atoms with van der Waals surface area (Å²) < 4.78 is 0. The molecule has 0 aliphatic carbocycles. The summed E-state index contributed by atoms with van der Waals surface area (Å²) in [7, 11) is 2.70. The number of aryl methyl sites for hydroxylation is 2. The predicted molar refractivity (Wildman–Crippen MR) is 113 cm³/mol. The van der Waals surface area contributed by atoms with E-state index in [1.165, 1.54) is 14.1 Å². The smallest absolute Gasteiger partial charge is 0.330 e. The number of barbiturate groups is 1.